The number of rotatable bonds is 4. The highest BCUT2D eigenvalue weighted by atomic mass is 14.9. The van der Waals surface area contributed by atoms with Crippen LogP contribution in [0, 0.1) is 30.1 Å². The molecular formula is C17H24N2. The molecule has 1 N–H and O–H groups in total. The second-order valence-corrected chi connectivity index (χ2v) is 5.84. The molecule has 1 aromatic rings. The van der Waals surface area contributed by atoms with Crippen molar-refractivity contribution in [1.29, 1.82) is 5.26 Å². The van der Waals surface area contributed by atoms with Gasteiger partial charge in [0.1, 0.15) is 6.07 Å². The van der Waals surface area contributed by atoms with E-state index in [1.807, 2.05) is 12.1 Å². The molecule has 1 fully saturated rings. The highest BCUT2D eigenvalue weighted by Gasteiger charge is 2.19. The van der Waals surface area contributed by atoms with Gasteiger partial charge in [-0.15, -0.1) is 0 Å². The third-order valence-corrected chi connectivity index (χ3v) is 4.42. The van der Waals surface area contributed by atoms with Gasteiger partial charge in [0.2, 0.25) is 0 Å². The number of anilines is 1. The van der Waals surface area contributed by atoms with E-state index in [2.05, 4.69) is 31.3 Å². The molecule has 1 aromatic carbocycles. The van der Waals surface area contributed by atoms with Crippen molar-refractivity contribution in [2.75, 3.05) is 11.9 Å². The molecule has 0 unspecified atom stereocenters. The number of nitriles is 1. The largest absolute Gasteiger partial charge is 0.384 e. The molecule has 0 amide bonds. The van der Waals surface area contributed by atoms with E-state index in [0.29, 0.717) is 0 Å². The van der Waals surface area contributed by atoms with Gasteiger partial charge in [-0.25, -0.2) is 0 Å². The van der Waals surface area contributed by atoms with Gasteiger partial charge >= 0.3 is 0 Å². The van der Waals surface area contributed by atoms with Crippen LogP contribution >= 0.6 is 0 Å². The molecule has 1 aliphatic rings. The normalized spacial score (nSPS) is 22.8. The van der Waals surface area contributed by atoms with Gasteiger partial charge in [0.15, 0.2) is 0 Å². The van der Waals surface area contributed by atoms with Crippen LogP contribution in [0.25, 0.3) is 0 Å². The Kier molecular flexibility index (Phi) is 4.85. The van der Waals surface area contributed by atoms with Crippen LogP contribution in [0.1, 0.15) is 50.2 Å². The maximum atomic E-state index is 9.12. The molecule has 0 saturated heterocycles. The Labute approximate surface area is 116 Å². The first-order valence-corrected chi connectivity index (χ1v) is 7.47. The molecule has 1 saturated carbocycles. The Morgan fingerprint density at radius 1 is 1.21 bits per heavy atom. The van der Waals surface area contributed by atoms with Crippen molar-refractivity contribution in [2.45, 2.75) is 46.0 Å². The van der Waals surface area contributed by atoms with E-state index in [9.17, 15) is 0 Å². The fourth-order valence-corrected chi connectivity index (χ4v) is 3.00. The summed E-state index contributed by atoms with van der Waals surface area (Å²) in [5, 5.41) is 12.6. The summed E-state index contributed by atoms with van der Waals surface area (Å²) in [5.74, 6) is 1.72. The molecule has 0 bridgehead atoms. The van der Waals surface area contributed by atoms with E-state index < -0.39 is 0 Å². The molecule has 0 aliphatic heterocycles. The van der Waals surface area contributed by atoms with Gasteiger partial charge in [0.25, 0.3) is 0 Å². The van der Waals surface area contributed by atoms with Crippen molar-refractivity contribution in [3.8, 4) is 6.07 Å². The first-order valence-electron chi connectivity index (χ1n) is 7.47. The van der Waals surface area contributed by atoms with Crippen LogP contribution in [0.2, 0.25) is 0 Å². The van der Waals surface area contributed by atoms with Crippen LogP contribution < -0.4 is 5.32 Å². The van der Waals surface area contributed by atoms with E-state index in [-0.39, 0.29) is 0 Å². The minimum Gasteiger partial charge on any atom is -0.384 e. The van der Waals surface area contributed by atoms with E-state index >= 15 is 0 Å². The van der Waals surface area contributed by atoms with Gasteiger partial charge < -0.3 is 5.32 Å². The minimum atomic E-state index is 0.757. The lowest BCUT2D eigenvalue weighted by Crippen LogP contribution is -2.21. The second-order valence-electron chi connectivity index (χ2n) is 5.84. The Bertz CT molecular complexity index is 451. The van der Waals surface area contributed by atoms with Gasteiger partial charge in [-0.3, -0.25) is 0 Å². The Balaban J connectivity index is 1.89. The fraction of sp³-hybridized carbons (Fsp3) is 0.588. The summed E-state index contributed by atoms with van der Waals surface area (Å²) in [7, 11) is 0. The van der Waals surface area contributed by atoms with Crippen LogP contribution in [0.5, 0.6) is 0 Å². The summed E-state index contributed by atoms with van der Waals surface area (Å²) >= 11 is 0. The topological polar surface area (TPSA) is 35.8 Å². The molecule has 0 heterocycles. The molecule has 0 spiro atoms. The SMILES string of the molecule is CCC1CCC(CNc2cc(C)ccc2C#N)CC1. The van der Waals surface area contributed by atoms with Gasteiger partial charge in [0, 0.05) is 6.54 Å². The highest BCUT2D eigenvalue weighted by molar-refractivity contribution is 5.58. The summed E-state index contributed by atoms with van der Waals surface area (Å²) in [6.45, 7) is 5.38. The van der Waals surface area contributed by atoms with Crippen molar-refractivity contribution >= 4 is 5.69 Å². The van der Waals surface area contributed by atoms with E-state index in [0.717, 1.165) is 29.6 Å². The minimum absolute atomic E-state index is 0.757. The summed E-state index contributed by atoms with van der Waals surface area (Å²) in [4.78, 5) is 0. The van der Waals surface area contributed by atoms with Crippen LogP contribution in [-0.4, -0.2) is 6.54 Å². The van der Waals surface area contributed by atoms with Gasteiger partial charge in [0.05, 0.1) is 11.3 Å². The molecule has 102 valence electrons. The zero-order valence-corrected chi connectivity index (χ0v) is 12.1. The summed E-state index contributed by atoms with van der Waals surface area (Å²) in [6.07, 6.45) is 6.75. The number of nitrogens with zero attached hydrogens (tertiary/aromatic N) is 1. The van der Waals surface area contributed by atoms with Gasteiger partial charge in [-0.2, -0.15) is 5.26 Å². The second kappa shape index (κ2) is 6.61. The number of aryl methyl sites for hydroxylation is 1. The lowest BCUT2D eigenvalue weighted by Gasteiger charge is -2.28. The predicted molar refractivity (Wildman–Crippen MR) is 80.1 cm³/mol. The standard InChI is InChI=1S/C17H24N2/c1-3-14-5-7-15(8-6-14)12-19-17-10-13(2)4-9-16(17)11-18/h4,9-10,14-15,19H,3,5-8,12H2,1-2H3. The van der Waals surface area contributed by atoms with Crippen LogP contribution in [-0.2, 0) is 0 Å². The quantitative estimate of drug-likeness (QED) is 0.861. The lowest BCUT2D eigenvalue weighted by atomic mass is 9.81. The van der Waals surface area contributed by atoms with Gasteiger partial charge in [-0.05, 0) is 49.3 Å². The average molecular weight is 256 g/mol. The number of nitrogens with one attached hydrogen (secondary N) is 1. The fourth-order valence-electron chi connectivity index (χ4n) is 3.00. The monoisotopic (exact) mass is 256 g/mol. The van der Waals surface area contributed by atoms with Crippen molar-refractivity contribution in [1.82, 2.24) is 0 Å². The molecule has 2 nitrogen and oxygen atoms in total. The average Bonchev–Trinajstić information content (AvgIpc) is 2.46. The molecule has 0 aromatic heterocycles. The number of hydrogen-bond acceptors (Lipinski definition) is 2. The molecular weight excluding hydrogens is 232 g/mol. The van der Waals surface area contributed by atoms with Crippen molar-refractivity contribution in [2.24, 2.45) is 11.8 Å². The molecule has 2 heteroatoms. The Hall–Kier alpha value is -1.49. The first-order chi connectivity index (χ1) is 9.22. The maximum absolute atomic E-state index is 9.12. The zero-order valence-electron chi connectivity index (χ0n) is 12.1. The van der Waals surface area contributed by atoms with E-state index in [4.69, 9.17) is 5.26 Å². The third-order valence-electron chi connectivity index (χ3n) is 4.42. The zero-order chi connectivity index (χ0) is 13.7. The first kappa shape index (κ1) is 13.9. The van der Waals surface area contributed by atoms with E-state index in [1.165, 1.54) is 37.7 Å². The maximum Gasteiger partial charge on any atom is 0.101 e. The summed E-state index contributed by atoms with van der Waals surface area (Å²) in [5.41, 5.74) is 2.96. The molecule has 1 aliphatic carbocycles. The third kappa shape index (κ3) is 3.73. The Morgan fingerprint density at radius 2 is 1.89 bits per heavy atom. The summed E-state index contributed by atoms with van der Waals surface area (Å²) < 4.78 is 0. The van der Waals surface area contributed by atoms with Crippen molar-refractivity contribution < 1.29 is 0 Å². The molecule has 2 rings (SSSR count). The summed E-state index contributed by atoms with van der Waals surface area (Å²) in [6, 6.07) is 8.25. The number of benzene rings is 1. The molecule has 0 atom stereocenters. The van der Waals surface area contributed by atoms with Gasteiger partial charge in [-0.1, -0.05) is 32.3 Å². The van der Waals surface area contributed by atoms with Crippen molar-refractivity contribution in [3.63, 3.8) is 0 Å². The van der Waals surface area contributed by atoms with Crippen molar-refractivity contribution in [3.05, 3.63) is 29.3 Å². The smallest absolute Gasteiger partial charge is 0.101 e. The van der Waals surface area contributed by atoms with E-state index in [1.54, 1.807) is 0 Å². The van der Waals surface area contributed by atoms with Crippen LogP contribution in [0.4, 0.5) is 5.69 Å². The van der Waals surface area contributed by atoms with Crippen LogP contribution in [0.15, 0.2) is 18.2 Å². The molecule has 19 heavy (non-hydrogen) atoms. The van der Waals surface area contributed by atoms with Crippen LogP contribution in [0.3, 0.4) is 0 Å². The lowest BCUT2D eigenvalue weighted by molar-refractivity contribution is 0.278. The number of hydrogen-bond donors (Lipinski definition) is 1. The Morgan fingerprint density at radius 3 is 2.53 bits per heavy atom. The predicted octanol–water partition coefficient (Wildman–Crippen LogP) is 4.50. The molecule has 0 radical (unpaired) electrons. The highest BCUT2D eigenvalue weighted by Crippen LogP contribution is 2.31.